The van der Waals surface area contributed by atoms with Gasteiger partial charge in [0.25, 0.3) is 0 Å². The van der Waals surface area contributed by atoms with Gasteiger partial charge in [0.15, 0.2) is 0 Å². The van der Waals surface area contributed by atoms with E-state index in [1.54, 1.807) is 6.07 Å². The van der Waals surface area contributed by atoms with Crippen molar-refractivity contribution in [1.29, 1.82) is 0 Å². The average molecular weight is 503 g/mol. The number of alkyl halides is 3. The molecule has 0 aliphatic rings. The lowest BCUT2D eigenvalue weighted by atomic mass is 9.95. The van der Waals surface area contributed by atoms with Gasteiger partial charge in [-0.3, -0.25) is 0 Å². The second-order valence-corrected chi connectivity index (χ2v) is 9.53. The first kappa shape index (κ1) is 23.7. The fourth-order valence-electron chi connectivity index (χ4n) is 4.25. The average Bonchev–Trinajstić information content (AvgIpc) is 2.88. The van der Waals surface area contributed by atoms with E-state index in [1.807, 2.05) is 24.3 Å². The lowest BCUT2D eigenvalue weighted by molar-refractivity contribution is -0.137. The van der Waals surface area contributed by atoms with Gasteiger partial charge in [-0.15, -0.1) is 9.24 Å². The fraction of sp³-hybridized carbons (Fsp3) is 0.0667. The largest absolute Gasteiger partial charge is 0.416 e. The van der Waals surface area contributed by atoms with Crippen molar-refractivity contribution < 1.29 is 13.2 Å². The van der Waals surface area contributed by atoms with Crippen LogP contribution in [0.15, 0.2) is 103 Å². The summed E-state index contributed by atoms with van der Waals surface area (Å²) in [6.07, 6.45) is -4.40. The molecule has 5 rings (SSSR count). The van der Waals surface area contributed by atoms with Gasteiger partial charge < -0.3 is 0 Å². The van der Waals surface area contributed by atoms with E-state index in [0.717, 1.165) is 50.0 Å². The SMILES string of the molecule is FC(F)(F)c1cc(CS)cc(-c2ccc3ccc(-c4ccc(-c5ccc(P)cc5)cc4)cc3c2)c1. The van der Waals surface area contributed by atoms with Gasteiger partial charge in [0, 0.05) is 5.75 Å². The van der Waals surface area contributed by atoms with Crippen LogP contribution in [0, 0.1) is 0 Å². The van der Waals surface area contributed by atoms with E-state index < -0.39 is 11.7 Å². The minimum Gasteiger partial charge on any atom is -0.175 e. The zero-order valence-electron chi connectivity index (χ0n) is 18.7. The van der Waals surface area contributed by atoms with E-state index in [-0.39, 0.29) is 5.75 Å². The third-order valence-corrected chi connectivity index (χ3v) is 6.89. The van der Waals surface area contributed by atoms with E-state index in [2.05, 4.69) is 82.5 Å². The molecule has 0 amide bonds. The van der Waals surface area contributed by atoms with Crippen molar-refractivity contribution in [1.82, 2.24) is 0 Å². The Kier molecular flexibility index (Phi) is 6.44. The first-order chi connectivity index (χ1) is 16.8. The van der Waals surface area contributed by atoms with E-state index in [0.29, 0.717) is 11.1 Å². The smallest absolute Gasteiger partial charge is 0.175 e. The zero-order valence-corrected chi connectivity index (χ0v) is 20.7. The molecule has 0 heterocycles. The highest BCUT2D eigenvalue weighted by Gasteiger charge is 2.31. The fourth-order valence-corrected chi connectivity index (χ4v) is 4.63. The predicted molar refractivity (Wildman–Crippen MR) is 147 cm³/mol. The molecule has 0 spiro atoms. The molecule has 0 aliphatic heterocycles. The highest BCUT2D eigenvalue weighted by Crippen LogP contribution is 2.35. The number of hydrogen-bond acceptors (Lipinski definition) is 1. The Morgan fingerprint density at radius 3 is 1.57 bits per heavy atom. The van der Waals surface area contributed by atoms with Crippen LogP contribution < -0.4 is 5.30 Å². The molecular weight excluding hydrogens is 480 g/mol. The molecule has 174 valence electrons. The van der Waals surface area contributed by atoms with Crippen molar-refractivity contribution in [3.8, 4) is 33.4 Å². The minimum atomic E-state index is -4.40. The van der Waals surface area contributed by atoms with Crippen LogP contribution in [0.1, 0.15) is 11.1 Å². The predicted octanol–water partition coefficient (Wildman–Crippen LogP) is 8.79. The maximum atomic E-state index is 13.4. The Balaban J connectivity index is 1.51. The van der Waals surface area contributed by atoms with Crippen LogP contribution >= 0.6 is 21.9 Å². The molecule has 0 saturated carbocycles. The van der Waals surface area contributed by atoms with Gasteiger partial charge in [0.1, 0.15) is 0 Å². The van der Waals surface area contributed by atoms with Gasteiger partial charge in [-0.05, 0) is 79.3 Å². The summed E-state index contributed by atoms with van der Waals surface area (Å²) in [5.41, 5.74) is 5.62. The molecule has 5 aromatic carbocycles. The van der Waals surface area contributed by atoms with Crippen LogP contribution in [0.25, 0.3) is 44.2 Å². The Morgan fingerprint density at radius 2 is 1.03 bits per heavy atom. The summed E-state index contributed by atoms with van der Waals surface area (Å²) in [6, 6.07) is 32.9. The van der Waals surface area contributed by atoms with Gasteiger partial charge in [0.05, 0.1) is 5.56 Å². The van der Waals surface area contributed by atoms with Crippen LogP contribution in [0.5, 0.6) is 0 Å². The van der Waals surface area contributed by atoms with Crippen molar-refractivity contribution in [2.45, 2.75) is 11.9 Å². The van der Waals surface area contributed by atoms with Crippen LogP contribution in [-0.4, -0.2) is 0 Å². The quantitative estimate of drug-likeness (QED) is 0.184. The highest BCUT2D eigenvalue weighted by atomic mass is 32.1. The lowest BCUT2D eigenvalue weighted by Gasteiger charge is -2.13. The molecule has 1 atom stereocenters. The summed E-state index contributed by atoms with van der Waals surface area (Å²) >= 11 is 4.19. The lowest BCUT2D eigenvalue weighted by Crippen LogP contribution is -2.05. The number of fused-ring (bicyclic) bond motifs is 1. The van der Waals surface area contributed by atoms with Gasteiger partial charge >= 0.3 is 6.18 Å². The molecule has 1 unspecified atom stereocenters. The molecule has 0 aromatic heterocycles. The van der Waals surface area contributed by atoms with Crippen molar-refractivity contribution in [2.75, 3.05) is 0 Å². The first-order valence-electron chi connectivity index (χ1n) is 11.1. The van der Waals surface area contributed by atoms with Gasteiger partial charge in [-0.2, -0.15) is 25.8 Å². The van der Waals surface area contributed by atoms with Crippen molar-refractivity contribution >= 4 is 37.9 Å². The molecule has 0 aliphatic carbocycles. The molecular formula is C30H22F3PS. The van der Waals surface area contributed by atoms with Crippen LogP contribution in [0.4, 0.5) is 13.2 Å². The minimum absolute atomic E-state index is 0.242. The Labute approximate surface area is 210 Å². The number of benzene rings is 5. The van der Waals surface area contributed by atoms with Crippen molar-refractivity contribution in [2.24, 2.45) is 0 Å². The summed E-state index contributed by atoms with van der Waals surface area (Å²) in [7, 11) is 2.69. The number of halogens is 3. The third kappa shape index (κ3) is 5.15. The summed E-state index contributed by atoms with van der Waals surface area (Å²) in [6.45, 7) is 0. The Hall–Kier alpha value is -3.07. The molecule has 0 nitrogen and oxygen atoms in total. The van der Waals surface area contributed by atoms with Gasteiger partial charge in [-0.25, -0.2) is 0 Å². The Morgan fingerprint density at radius 1 is 0.543 bits per heavy atom. The number of rotatable bonds is 4. The van der Waals surface area contributed by atoms with E-state index in [9.17, 15) is 13.2 Å². The van der Waals surface area contributed by atoms with E-state index in [1.165, 1.54) is 6.07 Å². The standard InChI is InChI=1S/C30H22F3PS/c31-30(32,33)28-14-19(18-35)13-26(17-28)25-8-6-23-5-7-24(15-27(23)16-25)22-3-1-20(2-4-22)21-9-11-29(34)12-10-21/h1-17,35H,18,34H2. The summed E-state index contributed by atoms with van der Waals surface area (Å²) in [5.74, 6) is 0.242. The molecule has 0 fully saturated rings. The van der Waals surface area contributed by atoms with Crippen LogP contribution in [0.2, 0.25) is 0 Å². The molecule has 5 aromatic rings. The molecule has 0 N–H and O–H groups in total. The molecule has 35 heavy (non-hydrogen) atoms. The van der Waals surface area contributed by atoms with E-state index >= 15 is 0 Å². The van der Waals surface area contributed by atoms with Crippen molar-refractivity contribution in [3.05, 3.63) is 114 Å². The summed E-state index contributed by atoms with van der Waals surface area (Å²) in [4.78, 5) is 0. The molecule has 0 saturated heterocycles. The van der Waals surface area contributed by atoms with Crippen molar-refractivity contribution in [3.63, 3.8) is 0 Å². The summed E-state index contributed by atoms with van der Waals surface area (Å²) in [5, 5.41) is 3.16. The monoisotopic (exact) mass is 502 g/mol. The number of hydrogen-bond donors (Lipinski definition) is 1. The molecule has 0 radical (unpaired) electrons. The Bertz CT molecular complexity index is 1500. The van der Waals surface area contributed by atoms with Gasteiger partial charge in [-0.1, -0.05) is 78.9 Å². The maximum absolute atomic E-state index is 13.4. The second-order valence-electron chi connectivity index (χ2n) is 8.55. The maximum Gasteiger partial charge on any atom is 0.416 e. The van der Waals surface area contributed by atoms with Crippen LogP contribution in [0.3, 0.4) is 0 Å². The first-order valence-corrected chi connectivity index (χ1v) is 12.3. The second kappa shape index (κ2) is 9.53. The third-order valence-electron chi connectivity index (χ3n) is 6.14. The number of thiol groups is 1. The highest BCUT2D eigenvalue weighted by molar-refractivity contribution is 7.79. The summed E-state index contributed by atoms with van der Waals surface area (Å²) < 4.78 is 40.3. The topological polar surface area (TPSA) is 0 Å². The van der Waals surface area contributed by atoms with Gasteiger partial charge in [0.2, 0.25) is 0 Å². The molecule has 5 heteroatoms. The zero-order chi connectivity index (χ0) is 24.6. The van der Waals surface area contributed by atoms with E-state index in [4.69, 9.17) is 0 Å². The van der Waals surface area contributed by atoms with Crippen LogP contribution in [-0.2, 0) is 11.9 Å². The normalized spacial score (nSPS) is 11.7. The molecule has 0 bridgehead atoms.